The predicted octanol–water partition coefficient (Wildman–Crippen LogP) is 2.42. The van der Waals surface area contributed by atoms with Gasteiger partial charge in [0.1, 0.15) is 0 Å². The van der Waals surface area contributed by atoms with Crippen LogP contribution in [0.1, 0.15) is 24.8 Å². The quantitative estimate of drug-likeness (QED) is 0.723. The number of thioether (sulfide) groups is 2. The van der Waals surface area contributed by atoms with Crippen molar-refractivity contribution in [3.05, 3.63) is 29.8 Å². The highest BCUT2D eigenvalue weighted by atomic mass is 32.2. The topological polar surface area (TPSA) is 80.1 Å². The van der Waals surface area contributed by atoms with Gasteiger partial charge in [0.2, 0.25) is 17.0 Å². The summed E-state index contributed by atoms with van der Waals surface area (Å²) in [6.45, 7) is 3.99. The van der Waals surface area contributed by atoms with Gasteiger partial charge in [0, 0.05) is 18.8 Å². The van der Waals surface area contributed by atoms with Crippen LogP contribution >= 0.6 is 23.5 Å². The predicted molar refractivity (Wildman–Crippen MR) is 112 cm³/mol. The molecule has 3 heterocycles. The zero-order valence-corrected chi connectivity index (χ0v) is 17.4. The van der Waals surface area contributed by atoms with E-state index in [-0.39, 0.29) is 22.8 Å². The van der Waals surface area contributed by atoms with E-state index >= 15 is 0 Å². The lowest BCUT2D eigenvalue weighted by molar-refractivity contribution is -0.122. The number of nitrogens with zero attached hydrogens (tertiary/aromatic N) is 4. The summed E-state index contributed by atoms with van der Waals surface area (Å²) in [5.74, 6) is 1.66. The Bertz CT molecular complexity index is 862. The van der Waals surface area contributed by atoms with Gasteiger partial charge in [0.15, 0.2) is 5.16 Å². The SMILES string of the molecule is Cc1ccc(-n2c(SCC(=O)NC3CCSC3=O)nnc2N2CCCC2)cc1. The van der Waals surface area contributed by atoms with Gasteiger partial charge in [0.25, 0.3) is 0 Å². The van der Waals surface area contributed by atoms with E-state index in [9.17, 15) is 9.59 Å². The second kappa shape index (κ2) is 8.57. The molecule has 0 saturated carbocycles. The van der Waals surface area contributed by atoms with Crippen molar-refractivity contribution in [3.63, 3.8) is 0 Å². The Labute approximate surface area is 172 Å². The highest BCUT2D eigenvalue weighted by molar-refractivity contribution is 8.14. The van der Waals surface area contributed by atoms with E-state index in [1.807, 2.05) is 4.57 Å². The standard InChI is InChI=1S/C19H23N5O2S2/c1-13-4-6-14(7-5-13)24-18(23-9-2-3-10-23)21-22-19(24)28-12-16(25)20-15-8-11-27-17(15)26/h4-7,15H,2-3,8-12H2,1H3,(H,20,25). The normalized spacial score (nSPS) is 19.4. The van der Waals surface area contributed by atoms with E-state index in [0.717, 1.165) is 43.3 Å². The second-order valence-electron chi connectivity index (χ2n) is 7.01. The van der Waals surface area contributed by atoms with Gasteiger partial charge >= 0.3 is 0 Å². The van der Waals surface area contributed by atoms with Gasteiger partial charge in [-0.3, -0.25) is 14.2 Å². The molecule has 0 spiro atoms. The van der Waals surface area contributed by atoms with Crippen LogP contribution in [0.15, 0.2) is 29.4 Å². The van der Waals surface area contributed by atoms with Crippen molar-refractivity contribution in [2.45, 2.75) is 37.4 Å². The van der Waals surface area contributed by atoms with Gasteiger partial charge in [-0.2, -0.15) is 0 Å². The fraction of sp³-hybridized carbons (Fsp3) is 0.474. The van der Waals surface area contributed by atoms with Crippen LogP contribution in [0, 0.1) is 6.92 Å². The summed E-state index contributed by atoms with van der Waals surface area (Å²) >= 11 is 2.64. The van der Waals surface area contributed by atoms with Crippen molar-refractivity contribution in [2.75, 3.05) is 29.5 Å². The first-order chi connectivity index (χ1) is 13.6. The van der Waals surface area contributed by atoms with Gasteiger partial charge in [-0.25, -0.2) is 0 Å². The van der Waals surface area contributed by atoms with Crippen LogP contribution in [-0.2, 0) is 9.59 Å². The van der Waals surface area contributed by atoms with Crippen LogP contribution in [0.2, 0.25) is 0 Å². The summed E-state index contributed by atoms with van der Waals surface area (Å²) in [5.41, 5.74) is 2.18. The zero-order chi connectivity index (χ0) is 19.5. The summed E-state index contributed by atoms with van der Waals surface area (Å²) < 4.78 is 2.03. The molecule has 28 heavy (non-hydrogen) atoms. The fourth-order valence-electron chi connectivity index (χ4n) is 3.39. The Morgan fingerprint density at radius 1 is 1.25 bits per heavy atom. The van der Waals surface area contributed by atoms with Gasteiger partial charge < -0.3 is 10.2 Å². The molecule has 2 aliphatic rings. The fourth-order valence-corrected chi connectivity index (χ4v) is 5.08. The van der Waals surface area contributed by atoms with E-state index in [4.69, 9.17) is 0 Å². The Morgan fingerprint density at radius 3 is 2.68 bits per heavy atom. The molecule has 148 valence electrons. The number of nitrogens with one attached hydrogen (secondary N) is 1. The highest BCUT2D eigenvalue weighted by Gasteiger charge is 2.27. The number of carbonyl (C=O) groups is 2. The number of carbonyl (C=O) groups excluding carboxylic acids is 2. The van der Waals surface area contributed by atoms with E-state index in [0.29, 0.717) is 11.6 Å². The summed E-state index contributed by atoms with van der Waals surface area (Å²) in [7, 11) is 0. The largest absolute Gasteiger partial charge is 0.345 e. The van der Waals surface area contributed by atoms with Crippen LogP contribution in [0.5, 0.6) is 0 Å². The van der Waals surface area contributed by atoms with Crippen LogP contribution in [0.25, 0.3) is 5.69 Å². The first kappa shape index (κ1) is 19.3. The average molecular weight is 418 g/mol. The van der Waals surface area contributed by atoms with Gasteiger partial charge in [0.05, 0.1) is 17.5 Å². The molecule has 1 N–H and O–H groups in total. The van der Waals surface area contributed by atoms with Crippen molar-refractivity contribution in [1.29, 1.82) is 0 Å². The molecule has 0 bridgehead atoms. The second-order valence-corrected chi connectivity index (χ2v) is 9.05. The lowest BCUT2D eigenvalue weighted by Gasteiger charge is -2.18. The van der Waals surface area contributed by atoms with Crippen molar-refractivity contribution in [1.82, 2.24) is 20.1 Å². The van der Waals surface area contributed by atoms with Crippen molar-refractivity contribution < 1.29 is 9.59 Å². The molecule has 4 rings (SSSR count). The molecule has 2 aliphatic heterocycles. The lowest BCUT2D eigenvalue weighted by atomic mass is 10.2. The smallest absolute Gasteiger partial charge is 0.232 e. The van der Waals surface area contributed by atoms with Gasteiger partial charge in [-0.1, -0.05) is 41.2 Å². The Balaban J connectivity index is 1.52. The maximum atomic E-state index is 12.3. The molecule has 2 fully saturated rings. The van der Waals surface area contributed by atoms with E-state index in [2.05, 4.69) is 51.6 Å². The monoisotopic (exact) mass is 417 g/mol. The van der Waals surface area contributed by atoms with Crippen LogP contribution < -0.4 is 10.2 Å². The summed E-state index contributed by atoms with van der Waals surface area (Å²) in [6.07, 6.45) is 3.01. The molecule has 1 aromatic heterocycles. The lowest BCUT2D eigenvalue weighted by Crippen LogP contribution is -2.38. The minimum absolute atomic E-state index is 0.0532. The molecule has 0 aliphatic carbocycles. The molecule has 1 aromatic carbocycles. The highest BCUT2D eigenvalue weighted by Crippen LogP contribution is 2.29. The van der Waals surface area contributed by atoms with Crippen LogP contribution in [0.4, 0.5) is 5.95 Å². The molecular weight excluding hydrogens is 394 g/mol. The molecule has 2 saturated heterocycles. The summed E-state index contributed by atoms with van der Waals surface area (Å²) in [4.78, 5) is 26.3. The number of hydrogen-bond donors (Lipinski definition) is 1. The number of anilines is 1. The molecular formula is C19H23N5O2S2. The van der Waals surface area contributed by atoms with E-state index in [1.165, 1.54) is 29.1 Å². The molecule has 2 aromatic rings. The molecule has 7 nitrogen and oxygen atoms in total. The van der Waals surface area contributed by atoms with Gasteiger partial charge in [-0.15, -0.1) is 10.2 Å². The Morgan fingerprint density at radius 2 is 2.00 bits per heavy atom. The Kier molecular flexibility index (Phi) is 5.91. The van der Waals surface area contributed by atoms with Crippen LogP contribution in [0.3, 0.4) is 0 Å². The van der Waals surface area contributed by atoms with Crippen molar-refractivity contribution >= 4 is 40.5 Å². The number of benzene rings is 1. The number of aromatic nitrogens is 3. The third kappa shape index (κ3) is 4.20. The van der Waals surface area contributed by atoms with Crippen LogP contribution in [-0.4, -0.2) is 56.4 Å². The molecule has 1 atom stereocenters. The molecule has 9 heteroatoms. The molecule has 0 radical (unpaired) electrons. The molecule has 1 unspecified atom stereocenters. The minimum atomic E-state index is -0.353. The van der Waals surface area contributed by atoms with Crippen molar-refractivity contribution in [3.8, 4) is 5.69 Å². The Hall–Kier alpha value is -2.00. The minimum Gasteiger partial charge on any atom is -0.345 e. The zero-order valence-electron chi connectivity index (χ0n) is 15.8. The average Bonchev–Trinajstić information content (AvgIpc) is 3.42. The summed E-state index contributed by atoms with van der Waals surface area (Å²) in [5, 5.41) is 12.4. The third-order valence-corrected chi connectivity index (χ3v) is 6.84. The molecule has 1 amide bonds. The number of amides is 1. The number of hydrogen-bond acceptors (Lipinski definition) is 7. The first-order valence-electron chi connectivity index (χ1n) is 9.48. The van der Waals surface area contributed by atoms with Gasteiger partial charge in [-0.05, 0) is 38.3 Å². The third-order valence-electron chi connectivity index (χ3n) is 4.90. The van der Waals surface area contributed by atoms with E-state index in [1.54, 1.807) is 0 Å². The van der Waals surface area contributed by atoms with E-state index < -0.39 is 0 Å². The maximum Gasteiger partial charge on any atom is 0.232 e. The first-order valence-corrected chi connectivity index (χ1v) is 11.4. The number of rotatable bonds is 6. The van der Waals surface area contributed by atoms with Crippen molar-refractivity contribution in [2.24, 2.45) is 0 Å². The summed E-state index contributed by atoms with van der Waals surface area (Å²) in [6, 6.07) is 7.88. The maximum absolute atomic E-state index is 12.3. The number of aryl methyl sites for hydroxylation is 1.